The molecule has 0 saturated carbocycles. The maximum Gasteiger partial charge on any atom is 0.119 e. The molecule has 0 aliphatic rings. The molecular weight excluding hydrogens is 302 g/mol. The van der Waals surface area contributed by atoms with Gasteiger partial charge >= 0.3 is 0 Å². The Labute approximate surface area is 122 Å². The Hall–Kier alpha value is -1.48. The van der Waals surface area contributed by atoms with Gasteiger partial charge in [0.25, 0.3) is 0 Å². The normalized spacial score (nSPS) is 12.0. The number of hydrogen-bond donors (Lipinski definition) is 1. The standard InChI is InChI=1S/C16H18BrNO/c1-11-10-13(19-3)8-9-16(11)18-12(2)14-6-4-5-7-15(14)17/h4-10,12,18H,1-3H3. The molecule has 1 atom stereocenters. The average molecular weight is 320 g/mol. The highest BCUT2D eigenvalue weighted by Gasteiger charge is 2.10. The molecule has 0 amide bonds. The number of nitrogens with one attached hydrogen (secondary N) is 1. The van der Waals surface area contributed by atoms with Gasteiger partial charge in [0.05, 0.1) is 7.11 Å². The van der Waals surface area contributed by atoms with Gasteiger partial charge in [0, 0.05) is 16.2 Å². The van der Waals surface area contributed by atoms with Crippen LogP contribution in [0.15, 0.2) is 46.9 Å². The van der Waals surface area contributed by atoms with Crippen molar-refractivity contribution in [3.63, 3.8) is 0 Å². The molecule has 0 spiro atoms. The Morgan fingerprint density at radius 2 is 1.89 bits per heavy atom. The van der Waals surface area contributed by atoms with Crippen LogP contribution in [0.1, 0.15) is 24.1 Å². The van der Waals surface area contributed by atoms with Crippen LogP contribution < -0.4 is 10.1 Å². The predicted molar refractivity (Wildman–Crippen MR) is 83.9 cm³/mol. The lowest BCUT2D eigenvalue weighted by atomic mass is 10.1. The smallest absolute Gasteiger partial charge is 0.119 e. The van der Waals surface area contributed by atoms with Gasteiger partial charge < -0.3 is 10.1 Å². The van der Waals surface area contributed by atoms with Crippen molar-refractivity contribution in [2.24, 2.45) is 0 Å². The molecule has 0 bridgehead atoms. The lowest BCUT2D eigenvalue weighted by Gasteiger charge is -2.19. The second-order valence-corrected chi connectivity index (χ2v) is 5.42. The minimum absolute atomic E-state index is 0.239. The molecule has 0 aliphatic heterocycles. The largest absolute Gasteiger partial charge is 0.497 e. The van der Waals surface area contributed by atoms with E-state index in [1.807, 2.05) is 18.2 Å². The lowest BCUT2D eigenvalue weighted by molar-refractivity contribution is 0.414. The first-order chi connectivity index (χ1) is 9.11. The molecule has 19 heavy (non-hydrogen) atoms. The van der Waals surface area contributed by atoms with Crippen LogP contribution in [0.3, 0.4) is 0 Å². The quantitative estimate of drug-likeness (QED) is 0.861. The van der Waals surface area contributed by atoms with Crippen molar-refractivity contribution in [3.8, 4) is 5.75 Å². The van der Waals surface area contributed by atoms with E-state index in [1.165, 1.54) is 11.1 Å². The molecule has 1 unspecified atom stereocenters. The van der Waals surface area contributed by atoms with Gasteiger partial charge in [-0.3, -0.25) is 0 Å². The summed E-state index contributed by atoms with van der Waals surface area (Å²) in [6.07, 6.45) is 0. The number of aryl methyl sites for hydroxylation is 1. The van der Waals surface area contributed by atoms with Crippen LogP contribution in [-0.4, -0.2) is 7.11 Å². The first-order valence-corrected chi connectivity index (χ1v) is 7.06. The van der Waals surface area contributed by atoms with E-state index in [2.05, 4.69) is 59.4 Å². The molecule has 0 fully saturated rings. The maximum absolute atomic E-state index is 5.22. The molecular formula is C16H18BrNO. The molecule has 2 aromatic carbocycles. The summed E-state index contributed by atoms with van der Waals surface area (Å²) in [5.74, 6) is 0.886. The highest BCUT2D eigenvalue weighted by Crippen LogP contribution is 2.28. The molecule has 2 aromatic rings. The molecule has 0 saturated heterocycles. The Kier molecular flexibility index (Phi) is 4.48. The monoisotopic (exact) mass is 319 g/mol. The van der Waals surface area contributed by atoms with E-state index >= 15 is 0 Å². The van der Waals surface area contributed by atoms with Crippen LogP contribution in [0.5, 0.6) is 5.75 Å². The van der Waals surface area contributed by atoms with Crippen LogP contribution in [0.25, 0.3) is 0 Å². The van der Waals surface area contributed by atoms with Crippen molar-refractivity contribution < 1.29 is 4.74 Å². The molecule has 3 heteroatoms. The fourth-order valence-electron chi connectivity index (χ4n) is 2.06. The zero-order valence-electron chi connectivity index (χ0n) is 11.4. The number of methoxy groups -OCH3 is 1. The summed E-state index contributed by atoms with van der Waals surface area (Å²) in [7, 11) is 1.69. The third kappa shape index (κ3) is 3.29. The van der Waals surface area contributed by atoms with E-state index in [4.69, 9.17) is 4.74 Å². The summed E-state index contributed by atoms with van der Waals surface area (Å²) in [5.41, 5.74) is 3.56. The van der Waals surface area contributed by atoms with Gasteiger partial charge in [0.15, 0.2) is 0 Å². The summed E-state index contributed by atoms with van der Waals surface area (Å²) < 4.78 is 6.35. The van der Waals surface area contributed by atoms with Crippen molar-refractivity contribution in [1.82, 2.24) is 0 Å². The van der Waals surface area contributed by atoms with Crippen LogP contribution in [0, 0.1) is 6.92 Å². The van der Waals surface area contributed by atoms with Gasteiger partial charge in [-0.2, -0.15) is 0 Å². The number of hydrogen-bond acceptors (Lipinski definition) is 2. The summed E-state index contributed by atoms with van der Waals surface area (Å²) >= 11 is 3.59. The number of benzene rings is 2. The second kappa shape index (κ2) is 6.11. The molecule has 2 rings (SSSR count). The van der Waals surface area contributed by atoms with E-state index in [0.29, 0.717) is 0 Å². The van der Waals surface area contributed by atoms with Gasteiger partial charge in [-0.05, 0) is 49.2 Å². The zero-order valence-corrected chi connectivity index (χ0v) is 13.0. The van der Waals surface area contributed by atoms with Crippen molar-refractivity contribution in [1.29, 1.82) is 0 Å². The lowest BCUT2D eigenvalue weighted by Crippen LogP contribution is -2.08. The third-order valence-corrected chi connectivity index (χ3v) is 3.90. The van der Waals surface area contributed by atoms with Gasteiger partial charge in [0.1, 0.15) is 5.75 Å². The fourth-order valence-corrected chi connectivity index (χ4v) is 2.69. The minimum Gasteiger partial charge on any atom is -0.497 e. The number of anilines is 1. The van der Waals surface area contributed by atoms with Gasteiger partial charge in [-0.15, -0.1) is 0 Å². The van der Waals surface area contributed by atoms with Crippen LogP contribution >= 0.6 is 15.9 Å². The Morgan fingerprint density at radius 3 is 2.53 bits per heavy atom. The van der Waals surface area contributed by atoms with Crippen LogP contribution in [-0.2, 0) is 0 Å². The highest BCUT2D eigenvalue weighted by molar-refractivity contribution is 9.10. The topological polar surface area (TPSA) is 21.3 Å². The Morgan fingerprint density at radius 1 is 1.16 bits per heavy atom. The first kappa shape index (κ1) is 13.9. The SMILES string of the molecule is COc1ccc(NC(C)c2ccccc2Br)c(C)c1. The van der Waals surface area contributed by atoms with E-state index in [1.54, 1.807) is 7.11 Å². The van der Waals surface area contributed by atoms with Crippen LogP contribution in [0.2, 0.25) is 0 Å². The third-order valence-electron chi connectivity index (χ3n) is 3.18. The summed E-state index contributed by atoms with van der Waals surface area (Å²) in [6.45, 7) is 4.24. The Bertz CT molecular complexity index is 568. The molecule has 0 aromatic heterocycles. The van der Waals surface area contributed by atoms with Crippen LogP contribution in [0.4, 0.5) is 5.69 Å². The number of halogens is 1. The molecule has 0 radical (unpaired) electrons. The van der Waals surface area contributed by atoms with Crippen molar-refractivity contribution in [2.45, 2.75) is 19.9 Å². The summed E-state index contributed by atoms with van der Waals surface area (Å²) in [4.78, 5) is 0. The van der Waals surface area contributed by atoms with Crippen molar-refractivity contribution >= 4 is 21.6 Å². The van der Waals surface area contributed by atoms with E-state index in [9.17, 15) is 0 Å². The van der Waals surface area contributed by atoms with E-state index in [0.717, 1.165) is 15.9 Å². The summed E-state index contributed by atoms with van der Waals surface area (Å²) in [5, 5.41) is 3.53. The molecule has 100 valence electrons. The van der Waals surface area contributed by atoms with Gasteiger partial charge in [-0.1, -0.05) is 34.1 Å². The Balaban J connectivity index is 2.19. The summed E-state index contributed by atoms with van der Waals surface area (Å²) in [6, 6.07) is 14.6. The molecule has 2 nitrogen and oxygen atoms in total. The van der Waals surface area contributed by atoms with Gasteiger partial charge in [0.2, 0.25) is 0 Å². The number of ether oxygens (including phenoxy) is 1. The fraction of sp³-hybridized carbons (Fsp3) is 0.250. The molecule has 0 aliphatic carbocycles. The predicted octanol–water partition coefficient (Wildman–Crippen LogP) is 4.94. The minimum atomic E-state index is 0.239. The van der Waals surface area contributed by atoms with Gasteiger partial charge in [-0.25, -0.2) is 0 Å². The highest BCUT2D eigenvalue weighted by atomic mass is 79.9. The van der Waals surface area contributed by atoms with Crippen molar-refractivity contribution in [3.05, 3.63) is 58.1 Å². The van der Waals surface area contributed by atoms with Crippen molar-refractivity contribution in [2.75, 3.05) is 12.4 Å². The molecule has 0 heterocycles. The maximum atomic E-state index is 5.22. The second-order valence-electron chi connectivity index (χ2n) is 4.57. The van der Waals surface area contributed by atoms with E-state index in [-0.39, 0.29) is 6.04 Å². The van der Waals surface area contributed by atoms with E-state index < -0.39 is 0 Å². The number of rotatable bonds is 4. The molecule has 1 N–H and O–H groups in total. The average Bonchev–Trinajstić information content (AvgIpc) is 2.41. The zero-order chi connectivity index (χ0) is 13.8. The first-order valence-electron chi connectivity index (χ1n) is 6.27.